The number of carbonyl (C=O) groups is 1. The Balaban J connectivity index is 1.74. The number of carbonyl (C=O) groups excluding carboxylic acids is 1. The van der Waals surface area contributed by atoms with Crippen molar-refractivity contribution in [2.75, 3.05) is 11.9 Å². The number of rotatable bonds is 6. The summed E-state index contributed by atoms with van der Waals surface area (Å²) in [4.78, 5) is 11.7. The van der Waals surface area contributed by atoms with Crippen LogP contribution in [-0.2, 0) is 11.2 Å². The summed E-state index contributed by atoms with van der Waals surface area (Å²) in [5.41, 5.74) is 2.06. The Morgan fingerprint density at radius 2 is 1.87 bits per heavy atom. The molecule has 4 heteroatoms. The highest BCUT2D eigenvalue weighted by Gasteiger charge is 2.41. The number of benzene rings is 1. The molecular weight excluding hydrogens is 288 g/mol. The molecule has 0 bridgehead atoms. The summed E-state index contributed by atoms with van der Waals surface area (Å²) in [5, 5.41) is 6.37. The van der Waals surface area contributed by atoms with E-state index in [1.54, 1.807) is 0 Å². The molecule has 1 atom stereocenters. The average molecular weight is 318 g/mol. The molecule has 0 aromatic heterocycles. The van der Waals surface area contributed by atoms with E-state index in [1.807, 2.05) is 32.9 Å². The van der Waals surface area contributed by atoms with Gasteiger partial charge in [0.05, 0.1) is 0 Å². The van der Waals surface area contributed by atoms with E-state index in [1.165, 1.54) is 18.4 Å². The fourth-order valence-electron chi connectivity index (χ4n) is 2.49. The molecule has 0 saturated heterocycles. The summed E-state index contributed by atoms with van der Waals surface area (Å²) < 4.78 is 5.24. The third-order valence-electron chi connectivity index (χ3n) is 4.55. The molecule has 1 aliphatic rings. The van der Waals surface area contributed by atoms with Gasteiger partial charge in [0.15, 0.2) is 0 Å². The lowest BCUT2D eigenvalue weighted by Crippen LogP contribution is -2.34. The van der Waals surface area contributed by atoms with Crippen LogP contribution in [0.2, 0.25) is 0 Å². The van der Waals surface area contributed by atoms with Gasteiger partial charge in [0, 0.05) is 11.7 Å². The maximum Gasteiger partial charge on any atom is 0.412 e. The summed E-state index contributed by atoms with van der Waals surface area (Å²) in [5.74, 6) is 0. The minimum absolute atomic E-state index is 0.418. The first-order valence-electron chi connectivity index (χ1n) is 8.50. The molecule has 2 N–H and O–H groups in total. The van der Waals surface area contributed by atoms with Gasteiger partial charge in [-0.25, -0.2) is 4.79 Å². The van der Waals surface area contributed by atoms with Gasteiger partial charge < -0.3 is 10.1 Å². The van der Waals surface area contributed by atoms with Crippen molar-refractivity contribution in [3.8, 4) is 0 Å². The van der Waals surface area contributed by atoms with Crippen LogP contribution in [0, 0.1) is 5.41 Å². The smallest absolute Gasteiger partial charge is 0.412 e. The molecule has 1 fully saturated rings. The highest BCUT2D eigenvalue weighted by Crippen LogP contribution is 2.47. The zero-order chi connectivity index (χ0) is 17.1. The van der Waals surface area contributed by atoms with Gasteiger partial charge in [0.2, 0.25) is 0 Å². The van der Waals surface area contributed by atoms with Crippen molar-refractivity contribution >= 4 is 11.8 Å². The first-order valence-corrected chi connectivity index (χ1v) is 8.50. The van der Waals surface area contributed by atoms with E-state index in [4.69, 9.17) is 4.74 Å². The van der Waals surface area contributed by atoms with Gasteiger partial charge in [-0.2, -0.15) is 0 Å². The quantitative estimate of drug-likeness (QED) is 0.819. The Bertz CT molecular complexity index is 527. The number of hydrogen-bond donors (Lipinski definition) is 2. The fraction of sp³-hybridized carbons (Fsp3) is 0.632. The SMILES string of the molecule is CC(NCCc1ccc(NC(=O)OC(C)(C)C)cc1)C1(C)CC1. The van der Waals surface area contributed by atoms with E-state index in [0.717, 1.165) is 18.7 Å². The van der Waals surface area contributed by atoms with Gasteiger partial charge in [-0.1, -0.05) is 19.1 Å². The van der Waals surface area contributed by atoms with Crippen molar-refractivity contribution in [3.05, 3.63) is 29.8 Å². The van der Waals surface area contributed by atoms with Gasteiger partial charge in [-0.05, 0) is 76.6 Å². The van der Waals surface area contributed by atoms with Crippen LogP contribution in [-0.4, -0.2) is 24.3 Å². The molecule has 1 unspecified atom stereocenters. The predicted octanol–water partition coefficient (Wildman–Crippen LogP) is 4.35. The van der Waals surface area contributed by atoms with Crippen molar-refractivity contribution in [1.29, 1.82) is 0 Å². The number of ether oxygens (including phenoxy) is 1. The molecule has 23 heavy (non-hydrogen) atoms. The summed E-state index contributed by atoms with van der Waals surface area (Å²) in [6.45, 7) is 11.2. The van der Waals surface area contributed by atoms with E-state index < -0.39 is 11.7 Å². The van der Waals surface area contributed by atoms with Crippen LogP contribution in [0.4, 0.5) is 10.5 Å². The fourth-order valence-corrected chi connectivity index (χ4v) is 2.49. The molecule has 128 valence electrons. The minimum Gasteiger partial charge on any atom is -0.444 e. The van der Waals surface area contributed by atoms with Crippen LogP contribution in [0.25, 0.3) is 0 Å². The first-order chi connectivity index (χ1) is 10.7. The molecule has 2 rings (SSSR count). The summed E-state index contributed by atoms with van der Waals surface area (Å²) in [6, 6.07) is 8.53. The zero-order valence-electron chi connectivity index (χ0n) is 15.0. The molecule has 0 radical (unpaired) electrons. The van der Waals surface area contributed by atoms with Gasteiger partial charge in [-0.15, -0.1) is 0 Å². The molecule has 0 heterocycles. The second-order valence-electron chi connectivity index (χ2n) is 7.90. The molecule has 4 nitrogen and oxygen atoms in total. The molecule has 1 amide bonds. The van der Waals surface area contributed by atoms with Gasteiger partial charge in [0.25, 0.3) is 0 Å². The van der Waals surface area contributed by atoms with Crippen molar-refractivity contribution < 1.29 is 9.53 Å². The monoisotopic (exact) mass is 318 g/mol. The first kappa shape index (κ1) is 17.8. The Morgan fingerprint density at radius 1 is 1.26 bits per heavy atom. The number of amides is 1. The van der Waals surface area contributed by atoms with Gasteiger partial charge in [-0.3, -0.25) is 5.32 Å². The third-order valence-corrected chi connectivity index (χ3v) is 4.55. The second kappa shape index (κ2) is 6.91. The van der Waals surface area contributed by atoms with Crippen molar-refractivity contribution in [1.82, 2.24) is 5.32 Å². The summed E-state index contributed by atoms with van der Waals surface area (Å²) in [6.07, 6.45) is 3.25. The van der Waals surface area contributed by atoms with E-state index >= 15 is 0 Å². The summed E-state index contributed by atoms with van der Waals surface area (Å²) in [7, 11) is 0. The maximum atomic E-state index is 11.7. The maximum absolute atomic E-state index is 11.7. The van der Waals surface area contributed by atoms with Crippen LogP contribution in [0.15, 0.2) is 24.3 Å². The van der Waals surface area contributed by atoms with E-state index in [2.05, 4.69) is 36.6 Å². The molecule has 0 spiro atoms. The van der Waals surface area contributed by atoms with E-state index in [-0.39, 0.29) is 0 Å². The molecule has 1 aromatic carbocycles. The second-order valence-corrected chi connectivity index (χ2v) is 7.90. The predicted molar refractivity (Wildman–Crippen MR) is 94.8 cm³/mol. The zero-order valence-corrected chi connectivity index (χ0v) is 15.0. The lowest BCUT2D eigenvalue weighted by molar-refractivity contribution is 0.0636. The van der Waals surface area contributed by atoms with Gasteiger partial charge >= 0.3 is 6.09 Å². The molecule has 1 aromatic rings. The normalized spacial score (nSPS) is 17.4. The standard InChI is InChI=1S/C19H30N2O2/c1-14(19(5)11-12-19)20-13-10-15-6-8-16(9-7-15)21-17(22)23-18(2,3)4/h6-9,14,20H,10-13H2,1-5H3,(H,21,22). The third kappa shape index (κ3) is 5.87. The van der Waals surface area contributed by atoms with Crippen LogP contribution in [0.5, 0.6) is 0 Å². The van der Waals surface area contributed by atoms with Crippen molar-refractivity contribution in [2.24, 2.45) is 5.41 Å². The van der Waals surface area contributed by atoms with Crippen molar-refractivity contribution in [3.63, 3.8) is 0 Å². The number of anilines is 1. The Morgan fingerprint density at radius 3 is 2.39 bits per heavy atom. The van der Waals surface area contributed by atoms with Crippen LogP contribution in [0.1, 0.15) is 53.0 Å². The lowest BCUT2D eigenvalue weighted by Gasteiger charge is -2.20. The lowest BCUT2D eigenvalue weighted by atomic mass is 10.0. The molecule has 0 aliphatic heterocycles. The average Bonchev–Trinajstić information content (AvgIpc) is 3.18. The highest BCUT2D eigenvalue weighted by molar-refractivity contribution is 5.84. The minimum atomic E-state index is -0.482. The highest BCUT2D eigenvalue weighted by atomic mass is 16.6. The number of nitrogens with one attached hydrogen (secondary N) is 2. The van der Waals surface area contributed by atoms with Crippen LogP contribution >= 0.6 is 0 Å². The van der Waals surface area contributed by atoms with Gasteiger partial charge in [0.1, 0.15) is 5.60 Å². The van der Waals surface area contributed by atoms with E-state index in [0.29, 0.717) is 11.5 Å². The topological polar surface area (TPSA) is 50.4 Å². The Labute approximate surface area is 140 Å². The summed E-state index contributed by atoms with van der Waals surface area (Å²) >= 11 is 0. The Hall–Kier alpha value is -1.55. The Kier molecular flexibility index (Phi) is 5.35. The van der Waals surface area contributed by atoms with Crippen LogP contribution < -0.4 is 10.6 Å². The number of hydrogen-bond acceptors (Lipinski definition) is 3. The molecule has 1 saturated carbocycles. The molecular formula is C19H30N2O2. The van der Waals surface area contributed by atoms with Crippen molar-refractivity contribution in [2.45, 2.75) is 65.5 Å². The largest absolute Gasteiger partial charge is 0.444 e. The molecule has 1 aliphatic carbocycles. The van der Waals surface area contributed by atoms with E-state index in [9.17, 15) is 4.79 Å². The van der Waals surface area contributed by atoms with Crippen LogP contribution in [0.3, 0.4) is 0 Å².